The lowest BCUT2D eigenvalue weighted by Crippen LogP contribution is -2.54. The quantitative estimate of drug-likeness (QED) is 0.506. The number of halogens is 2. The second kappa shape index (κ2) is 9.64. The summed E-state index contributed by atoms with van der Waals surface area (Å²) in [6.45, 7) is 2.00. The number of ether oxygens (including phenoxy) is 2. The summed E-state index contributed by atoms with van der Waals surface area (Å²) in [5.74, 6) is -1.07. The summed E-state index contributed by atoms with van der Waals surface area (Å²) in [5, 5.41) is 6.07. The van der Waals surface area contributed by atoms with Crippen molar-refractivity contribution in [3.63, 3.8) is 0 Å². The third kappa shape index (κ3) is 5.75. The van der Waals surface area contributed by atoms with Gasteiger partial charge in [0, 0.05) is 33.9 Å². The van der Waals surface area contributed by atoms with Crippen molar-refractivity contribution in [3.8, 4) is 0 Å². The molecule has 0 radical (unpaired) electrons. The minimum absolute atomic E-state index is 0.159. The Morgan fingerprint density at radius 3 is 2.48 bits per heavy atom. The van der Waals surface area contributed by atoms with Gasteiger partial charge in [0.2, 0.25) is 0 Å². The van der Waals surface area contributed by atoms with Crippen LogP contribution in [0.5, 0.6) is 0 Å². The SMILES string of the molecule is COC(=O)CC[C@H](C)NC(=O)C1(C(=O)Nc2cc(Cl)cc(Cl)c2)OCCS1. The van der Waals surface area contributed by atoms with Gasteiger partial charge in [-0.15, -0.1) is 11.8 Å². The van der Waals surface area contributed by atoms with Gasteiger partial charge in [0.05, 0.1) is 13.7 Å². The first-order chi connectivity index (χ1) is 12.8. The van der Waals surface area contributed by atoms with Crippen LogP contribution in [-0.2, 0) is 23.9 Å². The molecule has 1 saturated heterocycles. The number of thioether (sulfide) groups is 1. The maximum absolute atomic E-state index is 12.8. The molecular formula is C17H20Cl2N2O5S. The van der Waals surface area contributed by atoms with E-state index in [0.29, 0.717) is 27.9 Å². The summed E-state index contributed by atoms with van der Waals surface area (Å²) in [5.41, 5.74) is 0.361. The highest BCUT2D eigenvalue weighted by Gasteiger charge is 2.51. The Labute approximate surface area is 171 Å². The number of methoxy groups -OCH3 is 1. The third-order valence-corrected chi connectivity index (χ3v) is 5.50. The van der Waals surface area contributed by atoms with E-state index in [1.54, 1.807) is 6.92 Å². The molecule has 1 aliphatic heterocycles. The van der Waals surface area contributed by atoms with E-state index in [1.807, 2.05) is 0 Å². The van der Waals surface area contributed by atoms with Gasteiger partial charge in [-0.25, -0.2) is 0 Å². The highest BCUT2D eigenvalue weighted by Crippen LogP contribution is 2.35. The minimum atomic E-state index is -1.71. The van der Waals surface area contributed by atoms with Crippen LogP contribution < -0.4 is 10.6 Å². The smallest absolute Gasteiger partial charge is 0.305 e. The lowest BCUT2D eigenvalue weighted by atomic mass is 10.1. The molecule has 1 aliphatic rings. The zero-order chi connectivity index (χ0) is 20.0. The van der Waals surface area contributed by atoms with Gasteiger partial charge in [-0.05, 0) is 31.5 Å². The third-order valence-electron chi connectivity index (χ3n) is 3.80. The van der Waals surface area contributed by atoms with E-state index >= 15 is 0 Å². The first-order valence-corrected chi connectivity index (χ1v) is 9.94. The molecular weight excluding hydrogens is 415 g/mol. The maximum Gasteiger partial charge on any atom is 0.305 e. The lowest BCUT2D eigenvalue weighted by Gasteiger charge is -2.26. The molecule has 2 rings (SSSR count). The predicted octanol–water partition coefficient (Wildman–Crippen LogP) is 2.85. The summed E-state index contributed by atoms with van der Waals surface area (Å²) in [4.78, 5) is 35.1. The average Bonchev–Trinajstić information content (AvgIpc) is 3.10. The molecule has 1 heterocycles. The monoisotopic (exact) mass is 434 g/mol. The molecule has 1 unspecified atom stereocenters. The summed E-state index contributed by atoms with van der Waals surface area (Å²) in [6, 6.07) is 4.24. The molecule has 10 heteroatoms. The first-order valence-electron chi connectivity index (χ1n) is 8.20. The fourth-order valence-electron chi connectivity index (χ4n) is 2.44. The number of benzene rings is 1. The van der Waals surface area contributed by atoms with Gasteiger partial charge in [-0.3, -0.25) is 14.4 Å². The average molecular weight is 435 g/mol. The van der Waals surface area contributed by atoms with Crippen LogP contribution in [0.3, 0.4) is 0 Å². The summed E-state index contributed by atoms with van der Waals surface area (Å²) in [7, 11) is 1.30. The largest absolute Gasteiger partial charge is 0.469 e. The number of esters is 1. The van der Waals surface area contributed by atoms with Crippen molar-refractivity contribution >= 4 is 58.4 Å². The Kier molecular flexibility index (Phi) is 7.79. The number of rotatable bonds is 7. The number of hydrogen-bond donors (Lipinski definition) is 2. The highest BCUT2D eigenvalue weighted by atomic mass is 35.5. The molecule has 0 bridgehead atoms. The van der Waals surface area contributed by atoms with Crippen LogP contribution in [0.2, 0.25) is 10.0 Å². The van der Waals surface area contributed by atoms with Crippen LogP contribution in [0, 0.1) is 0 Å². The van der Waals surface area contributed by atoms with E-state index in [0.717, 1.165) is 11.8 Å². The van der Waals surface area contributed by atoms with Gasteiger partial charge in [-0.2, -0.15) is 0 Å². The fourth-order valence-corrected chi connectivity index (χ4v) is 3.96. The molecule has 1 aromatic carbocycles. The Morgan fingerprint density at radius 2 is 1.93 bits per heavy atom. The molecule has 0 aromatic heterocycles. The van der Waals surface area contributed by atoms with Crippen LogP contribution in [0.15, 0.2) is 18.2 Å². The minimum Gasteiger partial charge on any atom is -0.469 e. The predicted molar refractivity (Wildman–Crippen MR) is 105 cm³/mol. The number of nitrogens with one attached hydrogen (secondary N) is 2. The molecule has 2 N–H and O–H groups in total. The van der Waals surface area contributed by atoms with Crippen molar-refractivity contribution in [1.29, 1.82) is 0 Å². The molecule has 2 amide bonds. The Bertz CT molecular complexity index is 705. The van der Waals surface area contributed by atoms with Gasteiger partial charge in [0.15, 0.2) is 0 Å². The van der Waals surface area contributed by atoms with E-state index < -0.39 is 16.7 Å². The standard InChI is InChI=1S/C17H20Cl2N2O5S/c1-10(3-4-14(22)25-2)20-15(23)17(26-5-6-27-17)16(24)21-13-8-11(18)7-12(19)9-13/h7-10H,3-6H2,1-2H3,(H,20,23)(H,21,24)/t10-,17?/m0/s1. The van der Waals surface area contributed by atoms with Crippen molar-refractivity contribution in [3.05, 3.63) is 28.2 Å². The van der Waals surface area contributed by atoms with E-state index in [9.17, 15) is 14.4 Å². The molecule has 7 nitrogen and oxygen atoms in total. The normalized spacial score (nSPS) is 20.0. The van der Waals surface area contributed by atoms with Crippen LogP contribution in [0.1, 0.15) is 19.8 Å². The number of carbonyl (C=O) groups is 3. The van der Waals surface area contributed by atoms with Crippen molar-refractivity contribution in [2.75, 3.05) is 24.8 Å². The first kappa shape index (κ1) is 21.8. The van der Waals surface area contributed by atoms with Crippen molar-refractivity contribution in [2.45, 2.75) is 30.7 Å². The summed E-state index contributed by atoms with van der Waals surface area (Å²) in [6.07, 6.45) is 0.539. The van der Waals surface area contributed by atoms with Crippen LogP contribution >= 0.6 is 35.0 Å². The van der Waals surface area contributed by atoms with Gasteiger partial charge >= 0.3 is 5.97 Å². The number of anilines is 1. The van der Waals surface area contributed by atoms with Gasteiger partial charge in [0.1, 0.15) is 0 Å². The van der Waals surface area contributed by atoms with E-state index in [4.69, 9.17) is 27.9 Å². The number of hydrogen-bond acceptors (Lipinski definition) is 6. The van der Waals surface area contributed by atoms with E-state index in [2.05, 4.69) is 15.4 Å². The second-order valence-corrected chi connectivity index (χ2v) is 8.06. The second-order valence-electron chi connectivity index (χ2n) is 5.92. The van der Waals surface area contributed by atoms with Crippen LogP contribution in [0.4, 0.5) is 5.69 Å². The molecule has 1 fully saturated rings. The number of amides is 2. The van der Waals surface area contributed by atoms with Crippen molar-refractivity contribution in [1.82, 2.24) is 5.32 Å². The molecule has 0 saturated carbocycles. The highest BCUT2D eigenvalue weighted by molar-refractivity contribution is 8.02. The van der Waals surface area contributed by atoms with Crippen LogP contribution in [0.25, 0.3) is 0 Å². The molecule has 1 aromatic rings. The van der Waals surface area contributed by atoms with Gasteiger partial charge < -0.3 is 20.1 Å². The summed E-state index contributed by atoms with van der Waals surface area (Å²) >= 11 is 13.0. The van der Waals surface area contributed by atoms with E-state index in [-0.39, 0.29) is 25.0 Å². The Morgan fingerprint density at radius 1 is 1.26 bits per heavy atom. The lowest BCUT2D eigenvalue weighted by molar-refractivity contribution is -0.145. The zero-order valence-corrected chi connectivity index (χ0v) is 17.2. The Hall–Kier alpha value is -1.48. The van der Waals surface area contributed by atoms with E-state index in [1.165, 1.54) is 25.3 Å². The maximum atomic E-state index is 12.8. The van der Waals surface area contributed by atoms with Gasteiger partial charge in [0.25, 0.3) is 16.7 Å². The van der Waals surface area contributed by atoms with Gasteiger partial charge in [-0.1, -0.05) is 23.2 Å². The fraction of sp³-hybridized carbons (Fsp3) is 0.471. The number of carbonyl (C=O) groups excluding carboxylic acids is 3. The molecule has 27 heavy (non-hydrogen) atoms. The topological polar surface area (TPSA) is 93.7 Å². The molecule has 2 atom stereocenters. The molecule has 0 spiro atoms. The zero-order valence-electron chi connectivity index (χ0n) is 14.8. The summed E-state index contributed by atoms with van der Waals surface area (Å²) < 4.78 is 10.1. The Balaban J connectivity index is 2.07. The molecule has 148 valence electrons. The van der Waals surface area contributed by atoms with Crippen LogP contribution in [-0.4, -0.2) is 48.2 Å². The van der Waals surface area contributed by atoms with Crippen molar-refractivity contribution in [2.24, 2.45) is 0 Å². The molecule has 0 aliphatic carbocycles. The van der Waals surface area contributed by atoms with Crippen molar-refractivity contribution < 1.29 is 23.9 Å².